The molecule has 0 saturated carbocycles. The number of nitrogens with one attached hydrogen (secondary N) is 4. The van der Waals surface area contributed by atoms with Crippen molar-refractivity contribution in [2.45, 2.75) is 19.8 Å². The second kappa shape index (κ2) is 9.64. The molecule has 0 aliphatic rings. The largest absolute Gasteiger partial charge is 0.497 e. The van der Waals surface area contributed by atoms with Gasteiger partial charge in [-0.1, -0.05) is 6.92 Å². The third kappa shape index (κ3) is 5.47. The molecule has 4 N–H and O–H groups in total. The van der Waals surface area contributed by atoms with Crippen molar-refractivity contribution in [3.05, 3.63) is 29.8 Å². The zero-order chi connectivity index (χ0) is 18.1. The average Bonchev–Trinajstić information content (AvgIpc) is 2.64. The fraction of sp³-hybridized carbons (Fsp3) is 0.389. The number of fused-ring (bicyclic) bond motifs is 1. The summed E-state index contributed by atoms with van der Waals surface area (Å²) in [7, 11) is 1.63. The van der Waals surface area contributed by atoms with Crippen molar-refractivity contribution in [3.8, 4) is 11.8 Å². The van der Waals surface area contributed by atoms with Crippen LogP contribution >= 0.6 is 12.2 Å². The number of methoxy groups -OCH3 is 1. The summed E-state index contributed by atoms with van der Waals surface area (Å²) in [6.07, 6.45) is 1.93. The van der Waals surface area contributed by atoms with Crippen LogP contribution in [0.15, 0.2) is 24.3 Å². The zero-order valence-corrected chi connectivity index (χ0v) is 15.4. The SMILES string of the molecule is CCCNC(=S)NCCCNc1[nH+]c2ccc(OC)cc2cc1C#N. The molecule has 1 aromatic heterocycles. The predicted octanol–water partition coefficient (Wildman–Crippen LogP) is 2.21. The Balaban J connectivity index is 1.92. The number of thiocarbonyl (C=S) groups is 1. The van der Waals surface area contributed by atoms with Gasteiger partial charge in [0.2, 0.25) is 0 Å². The van der Waals surface area contributed by atoms with Gasteiger partial charge in [0.1, 0.15) is 22.9 Å². The van der Waals surface area contributed by atoms with E-state index in [4.69, 9.17) is 17.0 Å². The fourth-order valence-electron chi connectivity index (χ4n) is 2.36. The smallest absolute Gasteiger partial charge is 0.290 e. The van der Waals surface area contributed by atoms with Crippen LogP contribution in [-0.2, 0) is 0 Å². The molecule has 6 nitrogen and oxygen atoms in total. The van der Waals surface area contributed by atoms with Crippen LogP contribution < -0.4 is 25.7 Å². The first-order valence-electron chi connectivity index (χ1n) is 8.37. The number of benzene rings is 1. The summed E-state index contributed by atoms with van der Waals surface area (Å²) in [4.78, 5) is 3.28. The molecule has 0 atom stereocenters. The van der Waals surface area contributed by atoms with E-state index < -0.39 is 0 Å². The average molecular weight is 358 g/mol. The molecule has 0 aliphatic carbocycles. The van der Waals surface area contributed by atoms with E-state index in [1.165, 1.54) is 0 Å². The van der Waals surface area contributed by atoms with E-state index in [1.54, 1.807) is 7.11 Å². The maximum absolute atomic E-state index is 9.38. The molecular weight excluding hydrogens is 334 g/mol. The molecule has 0 saturated heterocycles. The normalized spacial score (nSPS) is 10.1. The molecule has 7 heteroatoms. The molecule has 25 heavy (non-hydrogen) atoms. The van der Waals surface area contributed by atoms with Crippen LogP contribution in [0, 0.1) is 11.3 Å². The lowest BCUT2D eigenvalue weighted by Gasteiger charge is -2.09. The lowest BCUT2D eigenvalue weighted by Crippen LogP contribution is -2.36. The maximum Gasteiger partial charge on any atom is 0.290 e. The number of aromatic amines is 1. The molecule has 0 amide bonds. The van der Waals surface area contributed by atoms with Crippen LogP contribution in [0.5, 0.6) is 5.75 Å². The highest BCUT2D eigenvalue weighted by Gasteiger charge is 2.12. The summed E-state index contributed by atoms with van der Waals surface area (Å²) >= 11 is 5.17. The van der Waals surface area contributed by atoms with Crippen LogP contribution in [-0.4, -0.2) is 31.9 Å². The van der Waals surface area contributed by atoms with E-state index in [1.807, 2.05) is 24.3 Å². The Kier molecular flexibility index (Phi) is 7.23. The quantitative estimate of drug-likeness (QED) is 0.496. The van der Waals surface area contributed by atoms with Gasteiger partial charge in [-0.15, -0.1) is 0 Å². The Labute approximate surface area is 153 Å². The van der Waals surface area contributed by atoms with E-state index in [2.05, 4.69) is 33.9 Å². The zero-order valence-electron chi connectivity index (χ0n) is 14.6. The molecule has 2 rings (SSSR count). The summed E-state index contributed by atoms with van der Waals surface area (Å²) in [5, 5.41) is 20.6. The first kappa shape index (κ1) is 18.7. The number of hydrogen-bond donors (Lipinski definition) is 3. The van der Waals surface area contributed by atoms with Gasteiger partial charge in [0, 0.05) is 24.9 Å². The second-order valence-electron chi connectivity index (χ2n) is 5.59. The third-order valence-electron chi connectivity index (χ3n) is 3.68. The number of ether oxygens (including phenoxy) is 1. The molecule has 1 heterocycles. The van der Waals surface area contributed by atoms with Gasteiger partial charge in [0.05, 0.1) is 13.7 Å². The van der Waals surface area contributed by atoms with Crippen molar-refractivity contribution in [2.75, 3.05) is 32.1 Å². The van der Waals surface area contributed by atoms with Gasteiger partial charge in [-0.25, -0.2) is 4.98 Å². The molecule has 132 valence electrons. The maximum atomic E-state index is 9.38. The van der Waals surface area contributed by atoms with E-state index in [9.17, 15) is 5.26 Å². The van der Waals surface area contributed by atoms with Gasteiger partial charge in [-0.2, -0.15) is 5.26 Å². The molecular formula is C18H24N5OS+. The van der Waals surface area contributed by atoms with Crippen LogP contribution in [0.4, 0.5) is 5.82 Å². The van der Waals surface area contributed by atoms with Gasteiger partial charge in [-0.3, -0.25) is 5.32 Å². The summed E-state index contributed by atoms with van der Waals surface area (Å²) in [5.74, 6) is 1.50. The summed E-state index contributed by atoms with van der Waals surface area (Å²) < 4.78 is 5.23. The lowest BCUT2D eigenvalue weighted by molar-refractivity contribution is -0.327. The number of nitriles is 1. The molecule has 0 spiro atoms. The molecule has 0 aliphatic heterocycles. The van der Waals surface area contributed by atoms with E-state index >= 15 is 0 Å². The van der Waals surface area contributed by atoms with Gasteiger partial charge in [0.15, 0.2) is 5.11 Å². The molecule has 0 radical (unpaired) electrons. The minimum absolute atomic E-state index is 0.578. The van der Waals surface area contributed by atoms with Crippen LogP contribution in [0.3, 0.4) is 0 Å². The highest BCUT2D eigenvalue weighted by atomic mass is 32.1. The lowest BCUT2D eigenvalue weighted by atomic mass is 10.1. The van der Waals surface area contributed by atoms with E-state index in [-0.39, 0.29) is 0 Å². The summed E-state index contributed by atoms with van der Waals surface area (Å²) in [5.41, 5.74) is 1.53. The molecule has 1 aromatic carbocycles. The monoisotopic (exact) mass is 358 g/mol. The summed E-state index contributed by atoms with van der Waals surface area (Å²) in [6, 6.07) is 9.83. The minimum Gasteiger partial charge on any atom is -0.497 e. The first-order chi connectivity index (χ1) is 12.2. The van der Waals surface area contributed by atoms with Gasteiger partial charge in [-0.05, 0) is 42.9 Å². The standard InChI is InChI=1S/C18H23N5OS/c1-3-7-21-18(25)22-9-4-8-20-17-14(12-19)10-13-11-15(24-2)5-6-16(13)23-17/h5-6,10-11H,3-4,7-9H2,1-2H3,(H,20,23)(H2,21,22,25)/p+1. The third-order valence-corrected chi connectivity index (χ3v) is 3.97. The van der Waals surface area contributed by atoms with Crippen LogP contribution in [0.2, 0.25) is 0 Å². The minimum atomic E-state index is 0.578. The Bertz CT molecular complexity index is 772. The van der Waals surface area contributed by atoms with Crippen molar-refractivity contribution in [3.63, 3.8) is 0 Å². The number of rotatable bonds is 8. The van der Waals surface area contributed by atoms with Crippen LogP contribution in [0.25, 0.3) is 10.9 Å². The van der Waals surface area contributed by atoms with Crippen molar-refractivity contribution in [1.29, 1.82) is 5.26 Å². The van der Waals surface area contributed by atoms with Crippen molar-refractivity contribution < 1.29 is 9.72 Å². The number of nitrogens with zero attached hydrogens (tertiary/aromatic N) is 1. The van der Waals surface area contributed by atoms with E-state index in [0.29, 0.717) is 10.7 Å². The Hall–Kier alpha value is -2.59. The fourth-order valence-corrected chi connectivity index (χ4v) is 2.57. The molecule has 2 aromatic rings. The number of H-pyrrole nitrogens is 1. The molecule has 0 bridgehead atoms. The Morgan fingerprint density at radius 2 is 2.04 bits per heavy atom. The first-order valence-corrected chi connectivity index (χ1v) is 8.78. The summed E-state index contributed by atoms with van der Waals surface area (Å²) in [6.45, 7) is 4.49. The Morgan fingerprint density at radius 1 is 1.24 bits per heavy atom. The van der Waals surface area contributed by atoms with E-state index in [0.717, 1.165) is 54.9 Å². The van der Waals surface area contributed by atoms with Crippen molar-refractivity contribution in [2.24, 2.45) is 0 Å². The highest BCUT2D eigenvalue weighted by molar-refractivity contribution is 7.80. The van der Waals surface area contributed by atoms with Crippen molar-refractivity contribution >= 4 is 34.1 Å². The van der Waals surface area contributed by atoms with Gasteiger partial charge >= 0.3 is 0 Å². The highest BCUT2D eigenvalue weighted by Crippen LogP contribution is 2.21. The number of hydrogen-bond acceptors (Lipinski definition) is 4. The van der Waals surface area contributed by atoms with Gasteiger partial charge < -0.3 is 15.4 Å². The van der Waals surface area contributed by atoms with Crippen LogP contribution in [0.1, 0.15) is 25.3 Å². The number of aromatic nitrogens is 1. The van der Waals surface area contributed by atoms with Gasteiger partial charge in [0.25, 0.3) is 5.82 Å². The second-order valence-corrected chi connectivity index (χ2v) is 5.99. The molecule has 0 fully saturated rings. The molecule has 0 unspecified atom stereocenters. The predicted molar refractivity (Wildman–Crippen MR) is 104 cm³/mol. The van der Waals surface area contributed by atoms with Crippen molar-refractivity contribution in [1.82, 2.24) is 10.6 Å². The number of pyridine rings is 1. The number of anilines is 1. The topological polar surface area (TPSA) is 83.2 Å². The Morgan fingerprint density at radius 3 is 2.76 bits per heavy atom.